The minimum Gasteiger partial charge on any atom is -0.431 e. The van der Waals surface area contributed by atoms with Crippen molar-refractivity contribution in [3.8, 4) is 5.75 Å². The number of anilines is 1. The third kappa shape index (κ3) is 3.42. The zero-order valence-corrected chi connectivity index (χ0v) is 11.9. The first-order chi connectivity index (χ1) is 9.47. The number of aromatic nitrogens is 3. The predicted octanol–water partition coefficient (Wildman–Crippen LogP) is 3.07. The summed E-state index contributed by atoms with van der Waals surface area (Å²) in [7, 11) is 0. The number of hydrogen-bond donors (Lipinski definition) is 2. The van der Waals surface area contributed by atoms with Gasteiger partial charge in [0.1, 0.15) is 6.33 Å². The number of rotatable bonds is 4. The summed E-state index contributed by atoms with van der Waals surface area (Å²) in [6.45, 7) is -3.05. The number of ether oxygens (including phenoxy) is 1. The van der Waals surface area contributed by atoms with Crippen LogP contribution in [0, 0.1) is 0 Å². The van der Waals surface area contributed by atoms with Gasteiger partial charge in [0.15, 0.2) is 5.75 Å². The van der Waals surface area contributed by atoms with Crippen LogP contribution in [0.4, 0.5) is 14.5 Å². The third-order valence-electron chi connectivity index (χ3n) is 2.09. The molecule has 20 heavy (non-hydrogen) atoms. The molecule has 0 atom stereocenters. The predicted molar refractivity (Wildman–Crippen MR) is 70.1 cm³/mol. The van der Waals surface area contributed by atoms with Gasteiger partial charge in [0, 0.05) is 5.02 Å². The van der Waals surface area contributed by atoms with Gasteiger partial charge >= 0.3 is 6.61 Å². The Hall–Kier alpha value is -1.74. The van der Waals surface area contributed by atoms with Crippen LogP contribution in [0.5, 0.6) is 5.75 Å². The number of amides is 1. The normalized spacial score (nSPS) is 10.7. The Morgan fingerprint density at radius 2 is 2.25 bits per heavy atom. The summed E-state index contributed by atoms with van der Waals surface area (Å²) in [4.78, 5) is 15.4. The van der Waals surface area contributed by atoms with Gasteiger partial charge in [-0.25, -0.2) is 4.98 Å². The Kier molecular flexibility index (Phi) is 4.50. The van der Waals surface area contributed by atoms with Gasteiger partial charge in [-0.2, -0.15) is 13.9 Å². The number of carbonyl (C=O) groups excluding carboxylic acids is 1. The Bertz CT molecular complexity index is 624. The number of halogens is 4. The van der Waals surface area contributed by atoms with Crippen molar-refractivity contribution in [2.24, 2.45) is 0 Å². The molecule has 0 aliphatic rings. The Morgan fingerprint density at radius 1 is 1.50 bits per heavy atom. The van der Waals surface area contributed by atoms with Gasteiger partial charge in [0.25, 0.3) is 5.91 Å². The molecule has 0 radical (unpaired) electrons. The largest absolute Gasteiger partial charge is 0.431 e. The maximum Gasteiger partial charge on any atom is 0.387 e. The minimum atomic E-state index is -3.05. The smallest absolute Gasteiger partial charge is 0.387 e. The topological polar surface area (TPSA) is 79.9 Å². The van der Waals surface area contributed by atoms with Gasteiger partial charge in [0.05, 0.1) is 10.2 Å². The van der Waals surface area contributed by atoms with E-state index in [0.29, 0.717) is 0 Å². The Labute approximate surface area is 124 Å². The molecule has 6 nitrogen and oxygen atoms in total. The fourth-order valence-electron chi connectivity index (χ4n) is 1.36. The van der Waals surface area contributed by atoms with E-state index >= 15 is 0 Å². The first kappa shape index (κ1) is 14.7. The monoisotopic (exact) mass is 366 g/mol. The fourth-order valence-corrected chi connectivity index (χ4v) is 2.26. The molecule has 0 aliphatic carbocycles. The number of hydrogen-bond acceptors (Lipinski definition) is 4. The van der Waals surface area contributed by atoms with Crippen LogP contribution in [-0.2, 0) is 0 Å². The van der Waals surface area contributed by atoms with Crippen molar-refractivity contribution in [3.05, 3.63) is 33.8 Å². The first-order valence-electron chi connectivity index (χ1n) is 5.08. The summed E-state index contributed by atoms with van der Waals surface area (Å²) in [6, 6.07) is 2.64. The van der Waals surface area contributed by atoms with Crippen LogP contribution < -0.4 is 10.1 Å². The molecule has 0 bridgehead atoms. The Balaban J connectivity index is 2.32. The molecule has 106 valence electrons. The summed E-state index contributed by atoms with van der Waals surface area (Å²) in [5.74, 6) is -0.989. The van der Waals surface area contributed by atoms with E-state index in [1.807, 2.05) is 0 Å². The van der Waals surface area contributed by atoms with E-state index < -0.39 is 12.5 Å². The molecule has 1 amide bonds. The second-order valence-electron chi connectivity index (χ2n) is 3.43. The van der Waals surface area contributed by atoms with Gasteiger partial charge in [-0.1, -0.05) is 11.6 Å². The molecule has 1 aromatic heterocycles. The number of nitrogens with one attached hydrogen (secondary N) is 2. The van der Waals surface area contributed by atoms with Crippen LogP contribution in [0.2, 0.25) is 5.02 Å². The lowest BCUT2D eigenvalue weighted by Gasteiger charge is -2.13. The van der Waals surface area contributed by atoms with E-state index in [2.05, 4.69) is 41.2 Å². The van der Waals surface area contributed by atoms with Crippen molar-refractivity contribution < 1.29 is 18.3 Å². The number of H-pyrrole nitrogens is 1. The van der Waals surface area contributed by atoms with Crippen LogP contribution in [0.25, 0.3) is 0 Å². The van der Waals surface area contributed by atoms with E-state index in [1.54, 1.807) is 0 Å². The molecule has 2 rings (SSSR count). The molecule has 0 fully saturated rings. The highest BCUT2D eigenvalue weighted by molar-refractivity contribution is 9.10. The Morgan fingerprint density at radius 3 is 2.85 bits per heavy atom. The van der Waals surface area contributed by atoms with Crippen molar-refractivity contribution in [2.75, 3.05) is 5.32 Å². The second-order valence-corrected chi connectivity index (χ2v) is 4.72. The van der Waals surface area contributed by atoms with E-state index in [4.69, 9.17) is 11.6 Å². The number of benzene rings is 1. The summed E-state index contributed by atoms with van der Waals surface area (Å²) in [5.41, 5.74) is -0.0222. The molecule has 10 heteroatoms. The highest BCUT2D eigenvalue weighted by atomic mass is 79.9. The third-order valence-corrected chi connectivity index (χ3v) is 2.90. The van der Waals surface area contributed by atoms with Gasteiger partial charge in [-0.15, -0.1) is 0 Å². The van der Waals surface area contributed by atoms with Crippen molar-refractivity contribution in [3.63, 3.8) is 0 Å². The van der Waals surface area contributed by atoms with Gasteiger partial charge < -0.3 is 10.1 Å². The van der Waals surface area contributed by atoms with Gasteiger partial charge in [-0.05, 0) is 28.1 Å². The molecule has 0 saturated heterocycles. The molecular formula is C10H6BrClF2N4O2. The average molecular weight is 368 g/mol. The van der Waals surface area contributed by atoms with Gasteiger partial charge in [0.2, 0.25) is 5.82 Å². The van der Waals surface area contributed by atoms with E-state index in [-0.39, 0.29) is 26.8 Å². The van der Waals surface area contributed by atoms with Crippen LogP contribution >= 0.6 is 27.5 Å². The molecule has 0 saturated carbocycles. The zero-order valence-electron chi connectivity index (χ0n) is 9.53. The molecule has 1 heterocycles. The summed E-state index contributed by atoms with van der Waals surface area (Å²) in [5, 5.41) is 8.43. The van der Waals surface area contributed by atoms with Crippen LogP contribution in [0.15, 0.2) is 22.9 Å². The lowest BCUT2D eigenvalue weighted by Crippen LogP contribution is -2.15. The number of aromatic amines is 1. The summed E-state index contributed by atoms with van der Waals surface area (Å²) >= 11 is 8.84. The molecule has 0 spiro atoms. The van der Waals surface area contributed by atoms with Crippen LogP contribution in [0.1, 0.15) is 10.6 Å². The number of nitrogens with zero attached hydrogens (tertiary/aromatic N) is 2. The van der Waals surface area contributed by atoms with Crippen molar-refractivity contribution in [1.29, 1.82) is 0 Å². The maximum absolute atomic E-state index is 12.4. The SMILES string of the molecule is O=C(Nc1cc(Cl)cc(Br)c1OC(F)F)c1ncn[nH]1. The number of carbonyl (C=O) groups is 1. The lowest BCUT2D eigenvalue weighted by atomic mass is 10.3. The number of alkyl halides is 2. The summed E-state index contributed by atoms with van der Waals surface area (Å²) in [6.07, 6.45) is 1.14. The van der Waals surface area contributed by atoms with E-state index in [9.17, 15) is 13.6 Å². The molecular weight excluding hydrogens is 361 g/mol. The van der Waals surface area contributed by atoms with Gasteiger partial charge in [-0.3, -0.25) is 9.89 Å². The summed E-state index contributed by atoms with van der Waals surface area (Å²) < 4.78 is 29.3. The van der Waals surface area contributed by atoms with E-state index in [1.165, 1.54) is 12.1 Å². The van der Waals surface area contributed by atoms with E-state index in [0.717, 1.165) is 6.33 Å². The average Bonchev–Trinajstić information content (AvgIpc) is 2.87. The van der Waals surface area contributed by atoms with Crippen molar-refractivity contribution in [2.45, 2.75) is 6.61 Å². The molecule has 0 unspecified atom stereocenters. The quantitative estimate of drug-likeness (QED) is 0.870. The van der Waals surface area contributed by atoms with Crippen LogP contribution in [-0.4, -0.2) is 27.7 Å². The standard InChI is InChI=1S/C10H6BrClF2N4O2/c11-5-1-4(12)2-6(7(5)20-10(13)14)17-9(19)8-15-3-16-18-8/h1-3,10H,(H,17,19)(H,15,16,18). The zero-order chi connectivity index (χ0) is 14.7. The van der Waals surface area contributed by atoms with Crippen molar-refractivity contribution in [1.82, 2.24) is 15.2 Å². The highest BCUT2D eigenvalue weighted by Gasteiger charge is 2.18. The molecule has 0 aliphatic heterocycles. The maximum atomic E-state index is 12.4. The first-order valence-corrected chi connectivity index (χ1v) is 6.25. The molecule has 2 N–H and O–H groups in total. The second kappa shape index (κ2) is 6.14. The lowest BCUT2D eigenvalue weighted by molar-refractivity contribution is -0.0498. The highest BCUT2D eigenvalue weighted by Crippen LogP contribution is 2.37. The molecule has 1 aromatic carbocycles. The fraction of sp³-hybridized carbons (Fsp3) is 0.100. The van der Waals surface area contributed by atoms with Crippen LogP contribution in [0.3, 0.4) is 0 Å². The molecule has 2 aromatic rings. The minimum absolute atomic E-state index is 0.0222. The van der Waals surface area contributed by atoms with Crippen molar-refractivity contribution >= 4 is 39.1 Å².